The van der Waals surface area contributed by atoms with Gasteiger partial charge in [0.2, 0.25) is 0 Å². The molecular weight excluding hydrogens is 168 g/mol. The third-order valence-electron chi connectivity index (χ3n) is 2.14. The number of aliphatic hydroxyl groups is 1. The van der Waals surface area contributed by atoms with E-state index in [2.05, 4.69) is 5.10 Å². The van der Waals surface area contributed by atoms with Gasteiger partial charge in [0.25, 0.3) is 0 Å². The Kier molecular flexibility index (Phi) is 3.45. The van der Waals surface area contributed by atoms with Gasteiger partial charge in [0.1, 0.15) is 6.10 Å². The molecule has 0 bridgehead atoms. The molecule has 2 unspecified atom stereocenters. The van der Waals surface area contributed by atoms with Gasteiger partial charge in [0.15, 0.2) is 0 Å². The van der Waals surface area contributed by atoms with Crippen LogP contribution in [0.15, 0.2) is 12.4 Å². The fourth-order valence-corrected chi connectivity index (χ4v) is 1.11. The van der Waals surface area contributed by atoms with E-state index in [0.717, 1.165) is 12.1 Å². The van der Waals surface area contributed by atoms with Gasteiger partial charge >= 0.3 is 0 Å². The van der Waals surface area contributed by atoms with Crippen LogP contribution in [-0.2, 0) is 11.3 Å². The van der Waals surface area contributed by atoms with E-state index in [-0.39, 0.29) is 6.10 Å². The van der Waals surface area contributed by atoms with Crippen molar-refractivity contribution in [2.24, 2.45) is 0 Å². The van der Waals surface area contributed by atoms with Gasteiger partial charge < -0.3 is 9.84 Å². The van der Waals surface area contributed by atoms with E-state index in [0.29, 0.717) is 0 Å². The lowest BCUT2D eigenvalue weighted by atomic mass is 10.1. The summed E-state index contributed by atoms with van der Waals surface area (Å²) in [6.45, 7) is 4.64. The smallest absolute Gasteiger partial charge is 0.108 e. The van der Waals surface area contributed by atoms with E-state index in [9.17, 15) is 5.11 Å². The quantitative estimate of drug-likeness (QED) is 0.758. The molecule has 13 heavy (non-hydrogen) atoms. The first-order chi connectivity index (χ1) is 6.19. The van der Waals surface area contributed by atoms with Gasteiger partial charge in [-0.05, 0) is 13.8 Å². The van der Waals surface area contributed by atoms with Gasteiger partial charge in [0.05, 0.1) is 12.3 Å². The van der Waals surface area contributed by atoms with Crippen LogP contribution in [0, 0.1) is 0 Å². The minimum atomic E-state index is -0.592. The fraction of sp³-hybridized carbons (Fsp3) is 0.667. The maximum atomic E-state index is 9.72. The minimum absolute atomic E-state index is 0.200. The average molecular weight is 184 g/mol. The number of hydrogen-bond donors (Lipinski definition) is 1. The Balaban J connectivity index is 2.70. The molecule has 74 valence electrons. The first-order valence-electron chi connectivity index (χ1n) is 4.42. The zero-order valence-corrected chi connectivity index (χ0v) is 8.27. The lowest BCUT2D eigenvalue weighted by Crippen LogP contribution is -2.16. The summed E-state index contributed by atoms with van der Waals surface area (Å²) in [6, 6.07) is 0. The lowest BCUT2D eigenvalue weighted by Gasteiger charge is -2.15. The van der Waals surface area contributed by atoms with E-state index < -0.39 is 6.10 Å². The van der Waals surface area contributed by atoms with E-state index >= 15 is 0 Å². The molecule has 1 heterocycles. The third kappa shape index (κ3) is 2.29. The number of ether oxygens (including phenoxy) is 1. The van der Waals surface area contributed by atoms with Crippen molar-refractivity contribution in [2.75, 3.05) is 7.11 Å². The fourth-order valence-electron chi connectivity index (χ4n) is 1.11. The molecule has 1 rings (SSSR count). The van der Waals surface area contributed by atoms with E-state index in [1.54, 1.807) is 18.0 Å². The molecule has 1 N–H and O–H groups in total. The molecule has 4 nitrogen and oxygen atoms in total. The van der Waals surface area contributed by atoms with Gasteiger partial charge in [0, 0.05) is 25.4 Å². The summed E-state index contributed by atoms with van der Waals surface area (Å²) in [5.74, 6) is 0. The Morgan fingerprint density at radius 2 is 2.38 bits per heavy atom. The number of aliphatic hydroxyl groups excluding tert-OH is 1. The molecule has 0 radical (unpaired) electrons. The number of methoxy groups -OCH3 is 1. The first kappa shape index (κ1) is 10.2. The number of nitrogens with zero attached hydrogens (tertiary/aromatic N) is 2. The topological polar surface area (TPSA) is 47.3 Å². The number of rotatable bonds is 4. The molecule has 0 saturated carbocycles. The molecule has 1 aromatic heterocycles. The van der Waals surface area contributed by atoms with Crippen LogP contribution in [0.2, 0.25) is 0 Å². The van der Waals surface area contributed by atoms with Crippen LogP contribution < -0.4 is 0 Å². The van der Waals surface area contributed by atoms with Crippen LogP contribution in [0.4, 0.5) is 0 Å². The summed E-state index contributed by atoms with van der Waals surface area (Å²) in [6.07, 6.45) is 2.71. The van der Waals surface area contributed by atoms with Crippen LogP contribution in [0.25, 0.3) is 0 Å². The molecule has 0 spiro atoms. The molecule has 1 aromatic rings. The molecular formula is C9H16N2O2. The van der Waals surface area contributed by atoms with E-state index in [4.69, 9.17) is 4.74 Å². The molecule has 0 aliphatic rings. The first-order valence-corrected chi connectivity index (χ1v) is 4.42. The summed E-state index contributed by atoms with van der Waals surface area (Å²) >= 11 is 0. The highest BCUT2D eigenvalue weighted by Crippen LogP contribution is 2.17. The largest absolute Gasteiger partial charge is 0.386 e. The van der Waals surface area contributed by atoms with Crippen molar-refractivity contribution in [1.82, 2.24) is 9.78 Å². The van der Waals surface area contributed by atoms with E-state index in [1.807, 2.05) is 20.0 Å². The van der Waals surface area contributed by atoms with Gasteiger partial charge in [-0.1, -0.05) is 0 Å². The zero-order valence-electron chi connectivity index (χ0n) is 8.27. The average Bonchev–Trinajstić information content (AvgIpc) is 2.63. The Bertz CT molecular complexity index is 260. The Hall–Kier alpha value is -0.870. The molecule has 0 aliphatic carbocycles. The van der Waals surface area contributed by atoms with Gasteiger partial charge in [-0.25, -0.2) is 0 Å². The van der Waals surface area contributed by atoms with Crippen molar-refractivity contribution in [3.8, 4) is 0 Å². The van der Waals surface area contributed by atoms with Gasteiger partial charge in [-0.15, -0.1) is 0 Å². The second kappa shape index (κ2) is 4.39. The maximum Gasteiger partial charge on any atom is 0.108 e. The predicted octanol–water partition coefficient (Wildman–Crippen LogP) is 0.971. The molecule has 0 fully saturated rings. The highest BCUT2D eigenvalue weighted by atomic mass is 16.5. The Morgan fingerprint density at radius 1 is 1.69 bits per heavy atom. The predicted molar refractivity (Wildman–Crippen MR) is 49.3 cm³/mol. The highest BCUT2D eigenvalue weighted by molar-refractivity contribution is 5.09. The lowest BCUT2D eigenvalue weighted by molar-refractivity contribution is -0.00146. The maximum absolute atomic E-state index is 9.72. The summed E-state index contributed by atoms with van der Waals surface area (Å²) < 4.78 is 6.80. The van der Waals surface area contributed by atoms with Crippen molar-refractivity contribution in [3.05, 3.63) is 18.0 Å². The number of aromatic nitrogens is 2. The van der Waals surface area contributed by atoms with Crippen molar-refractivity contribution in [3.63, 3.8) is 0 Å². The standard InChI is InChI=1S/C9H16N2O2/c1-4-11-6-8(5-10-11)9(12)7(2)13-3/h5-7,9,12H,4H2,1-3H3. The Labute approximate surface area is 78.1 Å². The van der Waals surface area contributed by atoms with Crippen molar-refractivity contribution >= 4 is 0 Å². The molecule has 0 saturated heterocycles. The molecule has 2 atom stereocenters. The van der Waals surface area contributed by atoms with Crippen molar-refractivity contribution < 1.29 is 9.84 Å². The molecule has 4 heteroatoms. The molecule has 0 amide bonds. The van der Waals surface area contributed by atoms with Crippen LogP contribution in [0.1, 0.15) is 25.5 Å². The monoisotopic (exact) mass is 184 g/mol. The summed E-state index contributed by atoms with van der Waals surface area (Å²) in [5, 5.41) is 13.8. The van der Waals surface area contributed by atoms with Gasteiger partial charge in [-0.2, -0.15) is 5.10 Å². The molecule has 0 aliphatic heterocycles. The third-order valence-corrected chi connectivity index (χ3v) is 2.14. The van der Waals surface area contributed by atoms with Crippen LogP contribution in [0.3, 0.4) is 0 Å². The SMILES string of the molecule is CCn1cc(C(O)C(C)OC)cn1. The Morgan fingerprint density at radius 3 is 2.85 bits per heavy atom. The van der Waals surface area contributed by atoms with Gasteiger partial charge in [-0.3, -0.25) is 4.68 Å². The normalized spacial score (nSPS) is 15.7. The van der Waals surface area contributed by atoms with Crippen LogP contribution in [-0.4, -0.2) is 28.1 Å². The number of aryl methyl sites for hydroxylation is 1. The zero-order chi connectivity index (χ0) is 9.84. The van der Waals surface area contributed by atoms with E-state index in [1.165, 1.54) is 0 Å². The van der Waals surface area contributed by atoms with Crippen LogP contribution >= 0.6 is 0 Å². The molecule has 0 aromatic carbocycles. The van der Waals surface area contributed by atoms with Crippen molar-refractivity contribution in [1.29, 1.82) is 0 Å². The second-order valence-electron chi connectivity index (χ2n) is 3.02. The number of hydrogen-bond acceptors (Lipinski definition) is 3. The summed E-state index contributed by atoms with van der Waals surface area (Å²) in [5.41, 5.74) is 0.802. The minimum Gasteiger partial charge on any atom is -0.386 e. The van der Waals surface area contributed by atoms with Crippen LogP contribution in [0.5, 0.6) is 0 Å². The summed E-state index contributed by atoms with van der Waals surface area (Å²) in [7, 11) is 1.58. The van der Waals surface area contributed by atoms with Crippen molar-refractivity contribution in [2.45, 2.75) is 32.6 Å². The second-order valence-corrected chi connectivity index (χ2v) is 3.02. The summed E-state index contributed by atoms with van der Waals surface area (Å²) in [4.78, 5) is 0. The highest BCUT2D eigenvalue weighted by Gasteiger charge is 2.16.